The highest BCUT2D eigenvalue weighted by molar-refractivity contribution is 5.70. The fourth-order valence-electron chi connectivity index (χ4n) is 4.19. The Morgan fingerprint density at radius 2 is 1.76 bits per heavy atom. The third-order valence-corrected chi connectivity index (χ3v) is 6.27. The molecule has 0 spiro atoms. The van der Waals surface area contributed by atoms with Crippen LogP contribution < -0.4 is 9.47 Å². The van der Waals surface area contributed by atoms with E-state index in [1.807, 2.05) is 36.4 Å². The molecule has 0 bridgehead atoms. The lowest BCUT2D eigenvalue weighted by Crippen LogP contribution is -2.04. The number of hydrogen-bond donors (Lipinski definition) is 1. The molecule has 4 nitrogen and oxygen atoms in total. The molecule has 4 rings (SSSR count). The summed E-state index contributed by atoms with van der Waals surface area (Å²) in [4.78, 5) is 10.8. The van der Waals surface area contributed by atoms with Crippen LogP contribution in [0.25, 0.3) is 11.1 Å². The minimum absolute atomic E-state index is 0.0883. The van der Waals surface area contributed by atoms with Crippen LogP contribution in [0.1, 0.15) is 69.1 Å². The van der Waals surface area contributed by atoms with E-state index in [1.165, 1.54) is 25.3 Å². The van der Waals surface area contributed by atoms with Gasteiger partial charge in [-0.25, -0.2) is 4.39 Å². The number of halogens is 1. The summed E-state index contributed by atoms with van der Waals surface area (Å²) in [5.74, 6) is 0.710. The van der Waals surface area contributed by atoms with E-state index in [9.17, 15) is 9.18 Å². The van der Waals surface area contributed by atoms with Crippen LogP contribution in [0.4, 0.5) is 4.39 Å². The van der Waals surface area contributed by atoms with Crippen LogP contribution in [0.15, 0.2) is 60.7 Å². The smallest absolute Gasteiger partial charge is 0.303 e. The number of carbonyl (C=O) groups is 1. The van der Waals surface area contributed by atoms with Crippen molar-refractivity contribution in [3.05, 3.63) is 83.2 Å². The molecular formula is C32H39FO4. The van der Waals surface area contributed by atoms with E-state index in [4.69, 9.17) is 14.6 Å². The van der Waals surface area contributed by atoms with Gasteiger partial charge in [0.1, 0.15) is 23.9 Å². The van der Waals surface area contributed by atoms with Crippen molar-refractivity contribution in [2.75, 3.05) is 7.11 Å². The van der Waals surface area contributed by atoms with Gasteiger partial charge < -0.3 is 14.6 Å². The molecule has 3 aromatic carbocycles. The zero-order valence-corrected chi connectivity index (χ0v) is 22.3. The number of hydrogen-bond acceptors (Lipinski definition) is 3. The first-order valence-corrected chi connectivity index (χ1v) is 13.3. The van der Waals surface area contributed by atoms with Gasteiger partial charge in [-0.2, -0.15) is 0 Å². The van der Waals surface area contributed by atoms with Crippen molar-refractivity contribution in [1.29, 1.82) is 0 Å². The normalized spacial score (nSPS) is 12.8. The quantitative estimate of drug-likeness (QED) is 0.269. The summed E-state index contributed by atoms with van der Waals surface area (Å²) in [5, 5.41) is 8.91. The molecule has 0 radical (unpaired) electrons. The first kappa shape index (κ1) is 28.2. The molecule has 1 saturated carbocycles. The molecule has 198 valence electrons. The second kappa shape index (κ2) is 14.4. The summed E-state index contributed by atoms with van der Waals surface area (Å²) in [6.07, 6.45) is 8.10. The summed E-state index contributed by atoms with van der Waals surface area (Å²) in [5.41, 5.74) is 4.43. The standard InChI is InChI=1S/C29H33FO4.C3H6/c1-4-6-20(2)15-23-16-22(9-12-26(23)27-18-24(33-3)11-13-28(27)30)19-34-25-8-5-7-21(17-25)10-14-29(31)32;1-2-3-1/h5,7-9,11-13,16-18,20H,4,6,10,14-15,19H2,1-3H3,(H,31,32);1-3H2. The summed E-state index contributed by atoms with van der Waals surface area (Å²) in [7, 11) is 1.58. The highest BCUT2D eigenvalue weighted by atomic mass is 19.1. The van der Waals surface area contributed by atoms with E-state index < -0.39 is 5.97 Å². The Morgan fingerprint density at radius 1 is 0.973 bits per heavy atom. The number of methoxy groups -OCH3 is 1. The average molecular weight is 507 g/mol. The molecule has 1 aliphatic carbocycles. The van der Waals surface area contributed by atoms with Gasteiger partial charge in [-0.05, 0) is 71.3 Å². The van der Waals surface area contributed by atoms with E-state index in [0.29, 0.717) is 36.0 Å². The number of rotatable bonds is 12. The number of carboxylic acid groups (broad SMARTS) is 1. The molecule has 0 saturated heterocycles. The molecule has 3 aromatic rings. The van der Waals surface area contributed by atoms with E-state index in [1.54, 1.807) is 19.2 Å². The van der Waals surface area contributed by atoms with Crippen LogP contribution in [-0.4, -0.2) is 18.2 Å². The Morgan fingerprint density at radius 3 is 2.43 bits per heavy atom. The largest absolute Gasteiger partial charge is 0.497 e. The van der Waals surface area contributed by atoms with E-state index in [0.717, 1.165) is 41.5 Å². The zero-order valence-electron chi connectivity index (χ0n) is 22.3. The first-order valence-electron chi connectivity index (χ1n) is 13.3. The van der Waals surface area contributed by atoms with Crippen molar-refractivity contribution >= 4 is 5.97 Å². The van der Waals surface area contributed by atoms with Gasteiger partial charge in [-0.15, -0.1) is 0 Å². The fourth-order valence-corrected chi connectivity index (χ4v) is 4.19. The Bertz CT molecular complexity index is 1150. The van der Waals surface area contributed by atoms with Crippen molar-refractivity contribution in [2.24, 2.45) is 5.92 Å². The van der Waals surface area contributed by atoms with Crippen LogP contribution in [0.3, 0.4) is 0 Å². The van der Waals surface area contributed by atoms with E-state index in [-0.39, 0.29) is 12.2 Å². The van der Waals surface area contributed by atoms with Gasteiger partial charge in [-0.3, -0.25) is 4.79 Å². The third kappa shape index (κ3) is 9.56. The number of aliphatic carboxylic acids is 1. The Kier molecular flexibility index (Phi) is 11.0. The minimum Gasteiger partial charge on any atom is -0.497 e. The number of carboxylic acids is 1. The van der Waals surface area contributed by atoms with Crippen LogP contribution >= 0.6 is 0 Å². The molecule has 1 N–H and O–H groups in total. The number of ether oxygens (including phenoxy) is 2. The second-order valence-corrected chi connectivity index (χ2v) is 9.83. The van der Waals surface area contributed by atoms with Crippen LogP contribution in [0.5, 0.6) is 11.5 Å². The molecule has 5 heteroatoms. The van der Waals surface area contributed by atoms with E-state index in [2.05, 4.69) is 19.9 Å². The molecule has 37 heavy (non-hydrogen) atoms. The highest BCUT2D eigenvalue weighted by Crippen LogP contribution is 2.32. The number of benzene rings is 3. The van der Waals surface area contributed by atoms with Gasteiger partial charge in [0.05, 0.1) is 7.11 Å². The Hall–Kier alpha value is -3.34. The maximum atomic E-state index is 14.8. The fraction of sp³-hybridized carbons (Fsp3) is 0.406. The van der Waals surface area contributed by atoms with Gasteiger partial charge in [0.2, 0.25) is 0 Å². The molecule has 1 aliphatic rings. The SMILES string of the molecule is C1CC1.CCCC(C)Cc1cc(COc2cccc(CCC(=O)O)c2)ccc1-c1cc(OC)ccc1F. The van der Waals surface area contributed by atoms with Gasteiger partial charge in [0.25, 0.3) is 0 Å². The predicted molar refractivity (Wildman–Crippen MR) is 147 cm³/mol. The van der Waals surface area contributed by atoms with Crippen LogP contribution in [0, 0.1) is 11.7 Å². The molecular weight excluding hydrogens is 467 g/mol. The average Bonchev–Trinajstić information content (AvgIpc) is 3.77. The van der Waals surface area contributed by atoms with Crippen LogP contribution in [-0.2, 0) is 24.2 Å². The van der Waals surface area contributed by atoms with E-state index >= 15 is 0 Å². The van der Waals surface area contributed by atoms with Crippen molar-refractivity contribution < 1.29 is 23.8 Å². The summed E-state index contributed by atoms with van der Waals surface area (Å²) in [6.45, 7) is 4.77. The second-order valence-electron chi connectivity index (χ2n) is 9.83. The van der Waals surface area contributed by atoms with Gasteiger partial charge in [-0.1, -0.05) is 76.3 Å². The summed E-state index contributed by atoms with van der Waals surface area (Å²) >= 11 is 0. The molecule has 1 fully saturated rings. The predicted octanol–water partition coefficient (Wildman–Crippen LogP) is 8.25. The molecule has 1 unspecified atom stereocenters. The Labute approximate surface area is 220 Å². The molecule has 1 atom stereocenters. The van der Waals surface area contributed by atoms with Crippen molar-refractivity contribution in [2.45, 2.75) is 71.8 Å². The zero-order chi connectivity index (χ0) is 26.6. The maximum Gasteiger partial charge on any atom is 0.303 e. The third-order valence-electron chi connectivity index (χ3n) is 6.27. The topological polar surface area (TPSA) is 55.8 Å². The lowest BCUT2D eigenvalue weighted by Gasteiger charge is -2.17. The first-order chi connectivity index (χ1) is 17.9. The lowest BCUT2D eigenvalue weighted by molar-refractivity contribution is -0.136. The highest BCUT2D eigenvalue weighted by Gasteiger charge is 2.15. The van der Waals surface area contributed by atoms with Crippen molar-refractivity contribution in [1.82, 2.24) is 0 Å². The molecule has 0 aliphatic heterocycles. The van der Waals surface area contributed by atoms with Gasteiger partial charge >= 0.3 is 5.97 Å². The lowest BCUT2D eigenvalue weighted by atomic mass is 9.89. The minimum atomic E-state index is -0.816. The molecule has 0 heterocycles. The van der Waals surface area contributed by atoms with Gasteiger partial charge in [0, 0.05) is 12.0 Å². The summed E-state index contributed by atoms with van der Waals surface area (Å²) in [6, 6.07) is 18.4. The van der Waals surface area contributed by atoms with Gasteiger partial charge in [0.15, 0.2) is 0 Å². The maximum absolute atomic E-state index is 14.8. The van der Waals surface area contributed by atoms with Crippen molar-refractivity contribution in [3.8, 4) is 22.6 Å². The molecule has 0 aromatic heterocycles. The number of aryl methyl sites for hydroxylation is 1. The van der Waals surface area contributed by atoms with Crippen LogP contribution in [0.2, 0.25) is 0 Å². The molecule has 0 amide bonds. The summed E-state index contributed by atoms with van der Waals surface area (Å²) < 4.78 is 26.1. The van der Waals surface area contributed by atoms with Crippen molar-refractivity contribution in [3.63, 3.8) is 0 Å². The Balaban J connectivity index is 0.00000118. The monoisotopic (exact) mass is 506 g/mol.